The minimum absolute atomic E-state index is 0.363. The number of aliphatic carboxylic acids is 1. The lowest BCUT2D eigenvalue weighted by molar-refractivity contribution is -0.143. The summed E-state index contributed by atoms with van der Waals surface area (Å²) in [6, 6.07) is 2.14. The van der Waals surface area contributed by atoms with E-state index in [4.69, 9.17) is 5.11 Å². The second-order valence-electron chi connectivity index (χ2n) is 5.38. The molecule has 0 spiro atoms. The zero-order chi connectivity index (χ0) is 15.0. The Labute approximate surface area is 119 Å². The molecule has 1 fully saturated rings. The first kappa shape index (κ1) is 13.9. The molecule has 0 amide bonds. The number of imidazole rings is 1. The summed E-state index contributed by atoms with van der Waals surface area (Å²) in [6.07, 6.45) is 1.50. The van der Waals surface area contributed by atoms with Crippen LogP contribution in [0.4, 0.5) is 8.78 Å². The van der Waals surface area contributed by atoms with Gasteiger partial charge in [0.2, 0.25) is 0 Å². The van der Waals surface area contributed by atoms with E-state index in [1.807, 2.05) is 4.90 Å². The fourth-order valence-corrected chi connectivity index (χ4v) is 2.75. The van der Waals surface area contributed by atoms with Gasteiger partial charge >= 0.3 is 5.97 Å². The van der Waals surface area contributed by atoms with Crippen LogP contribution in [0.25, 0.3) is 11.0 Å². The Morgan fingerprint density at radius 2 is 2.19 bits per heavy atom. The maximum absolute atomic E-state index is 13.2. The van der Waals surface area contributed by atoms with Gasteiger partial charge in [-0.25, -0.2) is 13.8 Å². The van der Waals surface area contributed by atoms with Crippen LogP contribution < -0.4 is 0 Å². The molecular weight excluding hydrogens is 280 g/mol. The normalized spacial score (nSPS) is 20.0. The van der Waals surface area contributed by atoms with Crippen LogP contribution in [0, 0.1) is 17.6 Å². The van der Waals surface area contributed by atoms with Gasteiger partial charge in [-0.1, -0.05) is 0 Å². The summed E-state index contributed by atoms with van der Waals surface area (Å²) in [6.45, 7) is 1.71. The van der Waals surface area contributed by atoms with Crippen LogP contribution >= 0.6 is 0 Å². The predicted octanol–water partition coefficient (Wildman–Crippen LogP) is 2.14. The van der Waals surface area contributed by atoms with Gasteiger partial charge in [0, 0.05) is 18.7 Å². The number of rotatable bonds is 3. The highest BCUT2D eigenvalue weighted by Crippen LogP contribution is 2.20. The summed E-state index contributed by atoms with van der Waals surface area (Å²) in [5, 5.41) is 9.06. The number of carbonyl (C=O) groups is 1. The summed E-state index contributed by atoms with van der Waals surface area (Å²) >= 11 is 0. The van der Waals surface area contributed by atoms with Gasteiger partial charge in [0.15, 0.2) is 11.6 Å². The van der Waals surface area contributed by atoms with E-state index in [1.54, 1.807) is 0 Å². The van der Waals surface area contributed by atoms with Crippen molar-refractivity contribution in [1.29, 1.82) is 0 Å². The van der Waals surface area contributed by atoms with Gasteiger partial charge in [0.05, 0.1) is 23.5 Å². The first-order valence-corrected chi connectivity index (χ1v) is 6.82. The van der Waals surface area contributed by atoms with Crippen molar-refractivity contribution in [2.45, 2.75) is 19.4 Å². The lowest BCUT2D eigenvalue weighted by Gasteiger charge is -2.29. The van der Waals surface area contributed by atoms with Gasteiger partial charge in [-0.15, -0.1) is 0 Å². The van der Waals surface area contributed by atoms with Crippen LogP contribution in [-0.2, 0) is 11.3 Å². The minimum Gasteiger partial charge on any atom is -0.481 e. The molecule has 1 atom stereocenters. The highest BCUT2D eigenvalue weighted by atomic mass is 19.2. The summed E-state index contributed by atoms with van der Waals surface area (Å²) in [5.41, 5.74) is 0.811. The summed E-state index contributed by atoms with van der Waals surface area (Å²) in [5.74, 6) is -2.40. The van der Waals surface area contributed by atoms with Crippen LogP contribution in [0.2, 0.25) is 0 Å². The largest absolute Gasteiger partial charge is 0.481 e. The molecule has 1 aromatic carbocycles. The van der Waals surface area contributed by atoms with Crippen molar-refractivity contribution < 1.29 is 18.7 Å². The van der Waals surface area contributed by atoms with Crippen molar-refractivity contribution in [2.24, 2.45) is 5.92 Å². The van der Waals surface area contributed by atoms with Gasteiger partial charge in [0.25, 0.3) is 0 Å². The number of halogens is 2. The number of nitrogens with one attached hydrogen (secondary N) is 1. The number of aromatic amines is 1. The summed E-state index contributed by atoms with van der Waals surface area (Å²) in [4.78, 5) is 20.2. The Balaban J connectivity index is 1.77. The molecule has 0 aliphatic carbocycles. The number of carboxylic acid groups (broad SMARTS) is 1. The number of fused-ring (bicyclic) bond motifs is 1. The molecule has 2 heterocycles. The number of likely N-dealkylation sites (tertiary alicyclic amines) is 1. The molecule has 1 saturated heterocycles. The van der Waals surface area contributed by atoms with E-state index in [0.717, 1.165) is 25.1 Å². The zero-order valence-corrected chi connectivity index (χ0v) is 11.3. The zero-order valence-electron chi connectivity index (χ0n) is 11.3. The molecule has 3 rings (SSSR count). The van der Waals surface area contributed by atoms with Gasteiger partial charge in [-0.05, 0) is 19.4 Å². The molecule has 21 heavy (non-hydrogen) atoms. The number of hydrogen-bond acceptors (Lipinski definition) is 3. The van der Waals surface area contributed by atoms with Crippen LogP contribution in [0.15, 0.2) is 12.1 Å². The SMILES string of the molecule is O=C(O)C1CCCN(Cc2nc3cc(F)c(F)cc3[nH]2)C1. The molecule has 112 valence electrons. The van der Waals surface area contributed by atoms with Gasteiger partial charge in [-0.2, -0.15) is 0 Å². The quantitative estimate of drug-likeness (QED) is 0.910. The second-order valence-corrected chi connectivity index (χ2v) is 5.38. The topological polar surface area (TPSA) is 69.2 Å². The van der Waals surface area contributed by atoms with Crippen molar-refractivity contribution >= 4 is 17.0 Å². The second kappa shape index (κ2) is 5.40. The number of hydrogen-bond donors (Lipinski definition) is 2. The maximum Gasteiger partial charge on any atom is 0.307 e. The third-order valence-electron chi connectivity index (χ3n) is 3.80. The number of carboxylic acids is 1. The molecular formula is C14H15F2N3O2. The number of nitrogens with zero attached hydrogens (tertiary/aromatic N) is 2. The standard InChI is InChI=1S/C14H15F2N3O2/c15-9-4-11-12(5-10(9)16)18-13(17-11)7-19-3-1-2-8(6-19)14(20)21/h4-5,8H,1-3,6-7H2,(H,17,18)(H,20,21). The fraction of sp³-hybridized carbons (Fsp3) is 0.429. The van der Waals surface area contributed by atoms with E-state index in [9.17, 15) is 13.6 Å². The van der Waals surface area contributed by atoms with Gasteiger partial charge in [-0.3, -0.25) is 9.69 Å². The molecule has 0 radical (unpaired) electrons. The van der Waals surface area contributed by atoms with E-state index in [1.165, 1.54) is 0 Å². The Kier molecular flexibility index (Phi) is 3.59. The molecule has 1 aliphatic heterocycles. The number of aromatic nitrogens is 2. The van der Waals surface area contributed by atoms with E-state index >= 15 is 0 Å². The Morgan fingerprint density at radius 1 is 1.43 bits per heavy atom. The van der Waals surface area contributed by atoms with Crippen molar-refractivity contribution in [3.05, 3.63) is 29.6 Å². The van der Waals surface area contributed by atoms with E-state index in [-0.39, 0.29) is 5.92 Å². The van der Waals surface area contributed by atoms with Crippen molar-refractivity contribution in [3.8, 4) is 0 Å². The maximum atomic E-state index is 13.2. The third kappa shape index (κ3) is 2.87. The summed E-state index contributed by atoms with van der Waals surface area (Å²) in [7, 11) is 0. The van der Waals surface area contributed by atoms with Crippen LogP contribution in [-0.4, -0.2) is 39.0 Å². The molecule has 0 saturated carbocycles. The van der Waals surface area contributed by atoms with E-state index in [2.05, 4.69) is 9.97 Å². The van der Waals surface area contributed by atoms with Crippen LogP contribution in [0.3, 0.4) is 0 Å². The summed E-state index contributed by atoms with van der Waals surface area (Å²) < 4.78 is 26.3. The number of piperidine rings is 1. The Bertz CT molecular complexity index is 647. The first-order valence-electron chi connectivity index (χ1n) is 6.82. The Hall–Kier alpha value is -2.02. The molecule has 2 N–H and O–H groups in total. The smallest absolute Gasteiger partial charge is 0.307 e. The average molecular weight is 295 g/mol. The van der Waals surface area contributed by atoms with Crippen molar-refractivity contribution in [1.82, 2.24) is 14.9 Å². The molecule has 7 heteroatoms. The molecule has 1 unspecified atom stereocenters. The van der Waals surface area contributed by atoms with E-state index < -0.39 is 17.6 Å². The highest BCUT2D eigenvalue weighted by molar-refractivity contribution is 5.75. The molecule has 2 aromatic rings. The minimum atomic E-state index is -0.926. The molecule has 1 aliphatic rings. The highest BCUT2D eigenvalue weighted by Gasteiger charge is 2.25. The fourth-order valence-electron chi connectivity index (χ4n) is 2.75. The van der Waals surface area contributed by atoms with Crippen LogP contribution in [0.1, 0.15) is 18.7 Å². The van der Waals surface area contributed by atoms with Crippen molar-refractivity contribution in [2.75, 3.05) is 13.1 Å². The third-order valence-corrected chi connectivity index (χ3v) is 3.80. The molecule has 1 aromatic heterocycles. The Morgan fingerprint density at radius 3 is 2.95 bits per heavy atom. The predicted molar refractivity (Wildman–Crippen MR) is 71.6 cm³/mol. The van der Waals surface area contributed by atoms with Gasteiger partial charge in [0.1, 0.15) is 5.82 Å². The molecule has 0 bridgehead atoms. The number of H-pyrrole nitrogens is 1. The van der Waals surface area contributed by atoms with Crippen LogP contribution in [0.5, 0.6) is 0 Å². The van der Waals surface area contributed by atoms with E-state index in [0.29, 0.717) is 36.4 Å². The van der Waals surface area contributed by atoms with Crippen molar-refractivity contribution in [3.63, 3.8) is 0 Å². The lowest BCUT2D eigenvalue weighted by atomic mass is 9.98. The lowest BCUT2D eigenvalue weighted by Crippen LogP contribution is -2.38. The first-order chi connectivity index (χ1) is 10.0. The average Bonchev–Trinajstić information content (AvgIpc) is 2.80. The molecule has 5 nitrogen and oxygen atoms in total. The monoisotopic (exact) mass is 295 g/mol. The van der Waals surface area contributed by atoms with Gasteiger partial charge < -0.3 is 10.1 Å². The number of benzene rings is 1.